The number of aromatic nitrogens is 1. The summed E-state index contributed by atoms with van der Waals surface area (Å²) in [6.45, 7) is 2.90. The molecule has 0 saturated carbocycles. The average molecular weight is 349 g/mol. The van der Waals surface area contributed by atoms with Gasteiger partial charge in [0.15, 0.2) is 5.76 Å². The van der Waals surface area contributed by atoms with Gasteiger partial charge in [0.2, 0.25) is 5.91 Å². The Hall–Kier alpha value is -2.92. The highest BCUT2D eigenvalue weighted by atomic mass is 16.5. The molecule has 0 aliphatic heterocycles. The SMILES string of the molecule is CCc1ccccc1NC(=O)CN(C)Cc1cc(-c2ccccc2)on1. The molecule has 134 valence electrons. The first kappa shape index (κ1) is 17.9. The van der Waals surface area contributed by atoms with Crippen molar-refractivity contribution in [2.45, 2.75) is 19.9 Å². The van der Waals surface area contributed by atoms with Crippen molar-refractivity contribution in [3.05, 3.63) is 71.9 Å². The third kappa shape index (κ3) is 4.58. The lowest BCUT2D eigenvalue weighted by Crippen LogP contribution is -2.30. The quantitative estimate of drug-likeness (QED) is 0.701. The number of likely N-dealkylation sites (N-methyl/N-ethyl adjacent to an activating group) is 1. The van der Waals surface area contributed by atoms with Gasteiger partial charge in [-0.15, -0.1) is 0 Å². The van der Waals surface area contributed by atoms with E-state index in [-0.39, 0.29) is 12.5 Å². The van der Waals surface area contributed by atoms with Crippen LogP contribution in [-0.2, 0) is 17.8 Å². The van der Waals surface area contributed by atoms with E-state index in [1.807, 2.05) is 72.6 Å². The molecule has 3 rings (SSSR count). The van der Waals surface area contributed by atoms with Crippen LogP contribution in [0.4, 0.5) is 5.69 Å². The summed E-state index contributed by atoms with van der Waals surface area (Å²) in [6, 6.07) is 19.6. The Labute approximate surface area is 153 Å². The summed E-state index contributed by atoms with van der Waals surface area (Å²) in [5.74, 6) is 0.690. The Bertz CT molecular complexity index is 858. The maximum atomic E-state index is 12.3. The minimum atomic E-state index is -0.0415. The number of nitrogens with one attached hydrogen (secondary N) is 1. The van der Waals surface area contributed by atoms with Crippen molar-refractivity contribution in [1.82, 2.24) is 10.1 Å². The van der Waals surface area contributed by atoms with Crippen LogP contribution in [0.5, 0.6) is 0 Å². The second-order valence-corrected chi connectivity index (χ2v) is 6.28. The van der Waals surface area contributed by atoms with Crippen molar-refractivity contribution in [2.75, 3.05) is 18.9 Å². The molecule has 0 fully saturated rings. The van der Waals surface area contributed by atoms with Crippen LogP contribution in [0, 0.1) is 0 Å². The van der Waals surface area contributed by atoms with E-state index < -0.39 is 0 Å². The van der Waals surface area contributed by atoms with Gasteiger partial charge >= 0.3 is 0 Å². The molecule has 5 heteroatoms. The van der Waals surface area contributed by atoms with Gasteiger partial charge in [0.25, 0.3) is 0 Å². The molecule has 1 amide bonds. The molecule has 1 aromatic heterocycles. The smallest absolute Gasteiger partial charge is 0.238 e. The van der Waals surface area contributed by atoms with E-state index in [4.69, 9.17) is 4.52 Å². The minimum Gasteiger partial charge on any atom is -0.356 e. The molecule has 1 N–H and O–H groups in total. The molecule has 0 bridgehead atoms. The van der Waals surface area contributed by atoms with E-state index in [0.717, 1.165) is 34.7 Å². The maximum Gasteiger partial charge on any atom is 0.238 e. The molecule has 1 heterocycles. The number of benzene rings is 2. The fraction of sp³-hybridized carbons (Fsp3) is 0.238. The van der Waals surface area contributed by atoms with E-state index >= 15 is 0 Å². The Morgan fingerprint density at radius 3 is 2.62 bits per heavy atom. The van der Waals surface area contributed by atoms with Gasteiger partial charge in [-0.3, -0.25) is 9.69 Å². The van der Waals surface area contributed by atoms with Gasteiger partial charge in [-0.25, -0.2) is 0 Å². The molecule has 0 radical (unpaired) electrons. The van der Waals surface area contributed by atoms with Crippen molar-refractivity contribution < 1.29 is 9.32 Å². The third-order valence-corrected chi connectivity index (χ3v) is 4.14. The first-order valence-electron chi connectivity index (χ1n) is 8.73. The van der Waals surface area contributed by atoms with Crippen LogP contribution in [0.2, 0.25) is 0 Å². The Morgan fingerprint density at radius 1 is 1.12 bits per heavy atom. The molecule has 26 heavy (non-hydrogen) atoms. The number of para-hydroxylation sites is 1. The largest absolute Gasteiger partial charge is 0.356 e. The lowest BCUT2D eigenvalue weighted by molar-refractivity contribution is -0.117. The number of anilines is 1. The number of aryl methyl sites for hydroxylation is 1. The second kappa shape index (κ2) is 8.45. The Kier molecular flexibility index (Phi) is 5.81. The van der Waals surface area contributed by atoms with Crippen LogP contribution < -0.4 is 5.32 Å². The van der Waals surface area contributed by atoms with E-state index in [2.05, 4.69) is 17.4 Å². The van der Waals surface area contributed by atoms with Gasteiger partial charge in [-0.1, -0.05) is 60.6 Å². The summed E-state index contributed by atoms with van der Waals surface area (Å²) >= 11 is 0. The van der Waals surface area contributed by atoms with Crippen LogP contribution in [0.1, 0.15) is 18.2 Å². The highest BCUT2D eigenvalue weighted by molar-refractivity contribution is 5.92. The van der Waals surface area contributed by atoms with Crippen molar-refractivity contribution in [2.24, 2.45) is 0 Å². The molecular formula is C21H23N3O2. The molecule has 3 aromatic rings. The van der Waals surface area contributed by atoms with Crippen LogP contribution in [-0.4, -0.2) is 29.6 Å². The zero-order valence-corrected chi connectivity index (χ0v) is 15.1. The van der Waals surface area contributed by atoms with Gasteiger partial charge in [0, 0.05) is 23.9 Å². The van der Waals surface area contributed by atoms with Crippen LogP contribution in [0.25, 0.3) is 11.3 Å². The predicted octanol–water partition coefficient (Wildman–Crippen LogP) is 3.97. The first-order valence-corrected chi connectivity index (χ1v) is 8.73. The topological polar surface area (TPSA) is 58.4 Å². The standard InChI is InChI=1S/C21H23N3O2/c1-3-16-9-7-8-12-19(16)22-21(25)15-24(2)14-18-13-20(26-23-18)17-10-5-4-6-11-17/h4-13H,3,14-15H2,1-2H3,(H,22,25). The van der Waals surface area contributed by atoms with E-state index in [1.165, 1.54) is 0 Å². The lowest BCUT2D eigenvalue weighted by atomic mass is 10.1. The number of amides is 1. The average Bonchev–Trinajstić information content (AvgIpc) is 3.11. The van der Waals surface area contributed by atoms with E-state index in [9.17, 15) is 4.79 Å². The fourth-order valence-electron chi connectivity index (χ4n) is 2.84. The van der Waals surface area contributed by atoms with Gasteiger partial charge in [0.05, 0.1) is 12.2 Å². The Morgan fingerprint density at radius 2 is 1.85 bits per heavy atom. The molecular weight excluding hydrogens is 326 g/mol. The van der Waals surface area contributed by atoms with Crippen molar-refractivity contribution in [3.63, 3.8) is 0 Å². The highest BCUT2D eigenvalue weighted by Crippen LogP contribution is 2.20. The number of rotatable bonds is 7. The number of nitrogens with zero attached hydrogens (tertiary/aromatic N) is 2. The van der Waals surface area contributed by atoms with Gasteiger partial charge < -0.3 is 9.84 Å². The number of carbonyl (C=O) groups excluding carboxylic acids is 1. The highest BCUT2D eigenvalue weighted by Gasteiger charge is 2.12. The van der Waals surface area contributed by atoms with E-state index in [1.54, 1.807) is 0 Å². The summed E-state index contributed by atoms with van der Waals surface area (Å²) in [4.78, 5) is 14.2. The minimum absolute atomic E-state index is 0.0415. The molecule has 0 spiro atoms. The lowest BCUT2D eigenvalue weighted by Gasteiger charge is -2.15. The molecule has 2 aromatic carbocycles. The summed E-state index contributed by atoms with van der Waals surface area (Å²) in [5, 5.41) is 7.09. The van der Waals surface area contributed by atoms with E-state index in [0.29, 0.717) is 6.54 Å². The van der Waals surface area contributed by atoms with Crippen LogP contribution >= 0.6 is 0 Å². The van der Waals surface area contributed by atoms with Crippen molar-refractivity contribution in [1.29, 1.82) is 0 Å². The van der Waals surface area contributed by atoms with Gasteiger partial charge in [-0.05, 0) is 25.1 Å². The third-order valence-electron chi connectivity index (χ3n) is 4.14. The maximum absolute atomic E-state index is 12.3. The predicted molar refractivity (Wildman–Crippen MR) is 103 cm³/mol. The fourth-order valence-corrected chi connectivity index (χ4v) is 2.84. The first-order chi connectivity index (χ1) is 12.7. The van der Waals surface area contributed by atoms with Crippen LogP contribution in [0.15, 0.2) is 65.2 Å². The molecule has 0 saturated heterocycles. The normalized spacial score (nSPS) is 10.9. The molecule has 0 atom stereocenters. The number of hydrogen-bond acceptors (Lipinski definition) is 4. The summed E-state index contributed by atoms with van der Waals surface area (Å²) in [6.07, 6.45) is 0.882. The van der Waals surface area contributed by atoms with Crippen molar-refractivity contribution in [3.8, 4) is 11.3 Å². The number of carbonyl (C=O) groups is 1. The second-order valence-electron chi connectivity index (χ2n) is 6.28. The zero-order valence-electron chi connectivity index (χ0n) is 15.1. The summed E-state index contributed by atoms with van der Waals surface area (Å²) in [7, 11) is 1.89. The molecule has 5 nitrogen and oxygen atoms in total. The van der Waals surface area contributed by atoms with Crippen molar-refractivity contribution >= 4 is 11.6 Å². The number of hydrogen-bond donors (Lipinski definition) is 1. The van der Waals surface area contributed by atoms with Gasteiger partial charge in [-0.2, -0.15) is 0 Å². The zero-order chi connectivity index (χ0) is 18.4. The molecule has 0 aliphatic rings. The summed E-state index contributed by atoms with van der Waals surface area (Å²) < 4.78 is 5.41. The monoisotopic (exact) mass is 349 g/mol. The molecule has 0 unspecified atom stereocenters. The molecule has 0 aliphatic carbocycles. The van der Waals surface area contributed by atoms with Crippen LogP contribution in [0.3, 0.4) is 0 Å². The Balaban J connectivity index is 1.56. The summed E-state index contributed by atoms with van der Waals surface area (Å²) in [5.41, 5.74) is 3.80. The van der Waals surface area contributed by atoms with Gasteiger partial charge in [0.1, 0.15) is 0 Å².